The Hall–Kier alpha value is -2.77. The molecule has 35 heavy (non-hydrogen) atoms. The van der Waals surface area contributed by atoms with Crippen LogP contribution in [0.1, 0.15) is 41.4 Å². The maximum atomic E-state index is 11.1. The minimum atomic E-state index is -3.95. The zero-order chi connectivity index (χ0) is 24.8. The second kappa shape index (κ2) is 11.3. The highest BCUT2D eigenvalue weighted by atomic mass is 32.2. The number of aliphatic hydroxyl groups excluding tert-OH is 1. The van der Waals surface area contributed by atoms with Gasteiger partial charge < -0.3 is 19.9 Å². The van der Waals surface area contributed by atoms with Crippen LogP contribution in [-0.2, 0) is 21.1 Å². The Kier molecular flexibility index (Phi) is 8.19. The molecule has 0 radical (unpaired) electrons. The second-order valence-electron chi connectivity index (χ2n) is 8.32. The van der Waals surface area contributed by atoms with Gasteiger partial charge in [-0.3, -0.25) is 4.18 Å². The number of nitrogens with zero attached hydrogens (tertiary/aromatic N) is 2. The molecule has 12 heteroatoms. The van der Waals surface area contributed by atoms with Crippen molar-refractivity contribution in [3.8, 4) is 11.5 Å². The number of benzene rings is 1. The summed E-state index contributed by atoms with van der Waals surface area (Å²) >= 11 is 1.43. The van der Waals surface area contributed by atoms with Crippen molar-refractivity contribution in [1.29, 1.82) is 0 Å². The summed E-state index contributed by atoms with van der Waals surface area (Å²) in [5.74, 6) is 1.93. The third-order valence-electron chi connectivity index (χ3n) is 5.79. The Bertz CT molecular complexity index is 1240. The van der Waals surface area contributed by atoms with E-state index in [1.165, 1.54) is 17.7 Å². The van der Waals surface area contributed by atoms with Gasteiger partial charge in [0.25, 0.3) is 0 Å². The molecule has 1 aliphatic carbocycles. The molecule has 4 rings (SSSR count). The number of para-hydroxylation sites is 2. The van der Waals surface area contributed by atoms with E-state index in [0.717, 1.165) is 23.3 Å². The number of aliphatic hydroxyl groups is 1. The van der Waals surface area contributed by atoms with Crippen LogP contribution in [0.5, 0.6) is 11.5 Å². The third kappa shape index (κ3) is 6.89. The molecule has 0 spiro atoms. The van der Waals surface area contributed by atoms with Crippen LogP contribution in [0, 0.1) is 5.92 Å². The molecule has 0 amide bonds. The predicted molar refractivity (Wildman–Crippen MR) is 132 cm³/mol. The molecule has 10 nitrogen and oxygen atoms in total. The molecular weight excluding hydrogens is 492 g/mol. The molecule has 1 saturated carbocycles. The second-order valence-corrected chi connectivity index (χ2v) is 10.5. The molecule has 0 aliphatic heterocycles. The fourth-order valence-corrected chi connectivity index (χ4v) is 5.35. The predicted octanol–water partition coefficient (Wildman–Crippen LogP) is 3.01. The summed E-state index contributed by atoms with van der Waals surface area (Å²) in [6, 6.07) is 9.40. The number of thiophene rings is 1. The van der Waals surface area contributed by atoms with Crippen molar-refractivity contribution < 1.29 is 27.2 Å². The van der Waals surface area contributed by atoms with Gasteiger partial charge in [-0.05, 0) is 48.8 Å². The molecule has 0 saturated heterocycles. The molecule has 4 N–H and O–H groups in total. The molecule has 3 atom stereocenters. The molecule has 1 fully saturated rings. The van der Waals surface area contributed by atoms with Gasteiger partial charge in [-0.2, -0.15) is 8.42 Å². The van der Waals surface area contributed by atoms with Crippen LogP contribution >= 0.6 is 11.3 Å². The standard InChI is InChI=1S/C23H28N4O6S2/c1-31-19-4-2-3-5-20(19)32-11-16-9-21(34-13-16)22(28)18-10-25-14-26-23(18)27-17-7-6-15(8-17)12-33-35(24,29)30/h2-5,9-10,13-15,17,22,28H,6-8,11-12H2,1H3,(H2,24,29,30)(H,25,26,27)/t15-,17+,22?/m1/s1. The Labute approximate surface area is 208 Å². The first-order valence-corrected chi connectivity index (χ1v) is 13.4. The molecule has 3 aromatic rings. The van der Waals surface area contributed by atoms with E-state index in [-0.39, 0.29) is 18.6 Å². The van der Waals surface area contributed by atoms with E-state index in [9.17, 15) is 13.5 Å². The van der Waals surface area contributed by atoms with Crippen LogP contribution in [0.25, 0.3) is 0 Å². The van der Waals surface area contributed by atoms with Crippen LogP contribution in [0.4, 0.5) is 5.82 Å². The Morgan fingerprint density at radius 3 is 2.86 bits per heavy atom. The van der Waals surface area contributed by atoms with E-state index in [2.05, 4.69) is 15.3 Å². The largest absolute Gasteiger partial charge is 0.493 e. The lowest BCUT2D eigenvalue weighted by Gasteiger charge is -2.18. The topological polar surface area (TPSA) is 146 Å². The third-order valence-corrected chi connectivity index (χ3v) is 7.29. The van der Waals surface area contributed by atoms with Gasteiger partial charge in [0.05, 0.1) is 13.7 Å². The number of hydrogen-bond donors (Lipinski definition) is 3. The minimum Gasteiger partial charge on any atom is -0.493 e. The highest BCUT2D eigenvalue weighted by molar-refractivity contribution is 7.84. The summed E-state index contributed by atoms with van der Waals surface area (Å²) in [4.78, 5) is 9.17. The van der Waals surface area contributed by atoms with Gasteiger partial charge in [-0.25, -0.2) is 15.1 Å². The highest BCUT2D eigenvalue weighted by Crippen LogP contribution is 2.34. The maximum Gasteiger partial charge on any atom is 0.333 e. The summed E-state index contributed by atoms with van der Waals surface area (Å²) < 4.78 is 38.0. The van der Waals surface area contributed by atoms with Crippen LogP contribution in [0.15, 0.2) is 48.2 Å². The molecular formula is C23H28N4O6S2. The lowest BCUT2D eigenvalue weighted by atomic mass is 10.1. The van der Waals surface area contributed by atoms with Gasteiger partial charge in [-0.15, -0.1) is 11.3 Å². The van der Waals surface area contributed by atoms with E-state index in [0.29, 0.717) is 35.9 Å². The van der Waals surface area contributed by atoms with E-state index >= 15 is 0 Å². The Morgan fingerprint density at radius 1 is 1.29 bits per heavy atom. The van der Waals surface area contributed by atoms with E-state index in [1.54, 1.807) is 13.3 Å². The lowest BCUT2D eigenvalue weighted by molar-refractivity contribution is 0.223. The molecule has 1 unspecified atom stereocenters. The van der Waals surface area contributed by atoms with Crippen molar-refractivity contribution in [2.75, 3.05) is 19.0 Å². The van der Waals surface area contributed by atoms with Crippen LogP contribution < -0.4 is 19.9 Å². The van der Waals surface area contributed by atoms with E-state index in [4.69, 9.17) is 18.8 Å². The monoisotopic (exact) mass is 520 g/mol. The van der Waals surface area contributed by atoms with Crippen molar-refractivity contribution in [3.05, 3.63) is 64.2 Å². The first-order valence-electron chi connectivity index (χ1n) is 11.1. The number of hydrogen-bond acceptors (Lipinski definition) is 10. The number of nitrogens with one attached hydrogen (secondary N) is 1. The SMILES string of the molecule is COc1ccccc1OCc1csc(C(O)c2cncnc2N[C@H]2CC[C@@H](COS(N)(=O)=O)C2)c1. The number of ether oxygens (including phenoxy) is 2. The van der Waals surface area contributed by atoms with Gasteiger partial charge in [0, 0.05) is 28.2 Å². The van der Waals surface area contributed by atoms with Crippen molar-refractivity contribution >= 4 is 27.5 Å². The van der Waals surface area contributed by atoms with Crippen LogP contribution in [0.2, 0.25) is 0 Å². The van der Waals surface area contributed by atoms with E-state index in [1.807, 2.05) is 35.7 Å². The Morgan fingerprint density at radius 2 is 2.09 bits per heavy atom. The summed E-state index contributed by atoms with van der Waals surface area (Å²) in [6.07, 6.45) is 4.44. The van der Waals surface area contributed by atoms with Gasteiger partial charge in [0.2, 0.25) is 0 Å². The number of nitrogens with two attached hydrogens (primary N) is 1. The normalized spacial score (nSPS) is 18.8. The maximum absolute atomic E-state index is 11.1. The molecule has 1 aromatic carbocycles. The average Bonchev–Trinajstić information content (AvgIpc) is 3.51. The summed E-state index contributed by atoms with van der Waals surface area (Å²) in [5, 5.41) is 21.3. The smallest absolute Gasteiger partial charge is 0.333 e. The van der Waals surface area contributed by atoms with Crippen molar-refractivity contribution in [1.82, 2.24) is 9.97 Å². The molecule has 188 valence electrons. The lowest BCUT2D eigenvalue weighted by Crippen LogP contribution is -2.22. The average molecular weight is 521 g/mol. The summed E-state index contributed by atoms with van der Waals surface area (Å²) in [7, 11) is -2.35. The number of aromatic nitrogens is 2. The van der Waals surface area contributed by atoms with E-state index < -0.39 is 16.4 Å². The van der Waals surface area contributed by atoms with Crippen molar-refractivity contribution in [3.63, 3.8) is 0 Å². The van der Waals surface area contributed by atoms with Crippen molar-refractivity contribution in [2.45, 2.75) is 38.0 Å². The van der Waals surface area contributed by atoms with Crippen molar-refractivity contribution in [2.24, 2.45) is 11.1 Å². The fourth-order valence-electron chi connectivity index (χ4n) is 4.07. The number of anilines is 1. The molecule has 1 aliphatic rings. The number of methoxy groups -OCH3 is 1. The number of rotatable bonds is 11. The summed E-state index contributed by atoms with van der Waals surface area (Å²) in [6.45, 7) is 0.398. The van der Waals surface area contributed by atoms with Gasteiger partial charge in [0.15, 0.2) is 11.5 Å². The quantitative estimate of drug-likeness (QED) is 0.347. The van der Waals surface area contributed by atoms with Crippen LogP contribution in [0.3, 0.4) is 0 Å². The Balaban J connectivity index is 1.38. The zero-order valence-electron chi connectivity index (χ0n) is 19.2. The van der Waals surface area contributed by atoms with Crippen LogP contribution in [-0.4, -0.2) is 43.3 Å². The van der Waals surface area contributed by atoms with Gasteiger partial charge in [0.1, 0.15) is 24.9 Å². The first-order chi connectivity index (χ1) is 16.8. The van der Waals surface area contributed by atoms with Gasteiger partial charge in [-0.1, -0.05) is 12.1 Å². The first kappa shape index (κ1) is 25.3. The molecule has 0 bridgehead atoms. The van der Waals surface area contributed by atoms with Gasteiger partial charge >= 0.3 is 10.3 Å². The molecule has 2 heterocycles. The zero-order valence-corrected chi connectivity index (χ0v) is 20.8. The summed E-state index contributed by atoms with van der Waals surface area (Å²) in [5.41, 5.74) is 1.49. The molecule has 2 aromatic heterocycles. The minimum absolute atomic E-state index is 0.0607. The highest BCUT2D eigenvalue weighted by Gasteiger charge is 2.28. The fraction of sp³-hybridized carbons (Fsp3) is 0.391.